The van der Waals surface area contributed by atoms with Crippen LogP contribution in [0.2, 0.25) is 0 Å². The van der Waals surface area contributed by atoms with Gasteiger partial charge in [0.05, 0.1) is 0 Å². The average molecular weight is 492 g/mol. The third kappa shape index (κ3) is 6.86. The van der Waals surface area contributed by atoms with Gasteiger partial charge in [0, 0.05) is 24.7 Å². The molecule has 1 aliphatic heterocycles. The van der Waals surface area contributed by atoms with E-state index >= 15 is 0 Å². The summed E-state index contributed by atoms with van der Waals surface area (Å²) in [4.78, 5) is 40.3. The lowest BCUT2D eigenvalue weighted by atomic mass is 10.1. The molecule has 2 aromatic rings. The number of ether oxygens (including phenoxy) is 1. The lowest BCUT2D eigenvalue weighted by Gasteiger charge is -2.28. The van der Waals surface area contributed by atoms with E-state index in [2.05, 4.69) is 28.8 Å². The van der Waals surface area contributed by atoms with E-state index in [4.69, 9.17) is 4.74 Å². The highest BCUT2D eigenvalue weighted by atomic mass is 16.6. The molecule has 7 nitrogen and oxygen atoms in total. The number of nitrogens with zero attached hydrogens (tertiary/aromatic N) is 1. The summed E-state index contributed by atoms with van der Waals surface area (Å²) < 4.78 is 5.57. The van der Waals surface area contributed by atoms with Gasteiger partial charge in [-0.05, 0) is 88.1 Å². The van der Waals surface area contributed by atoms with Gasteiger partial charge in [-0.1, -0.05) is 36.4 Å². The summed E-state index contributed by atoms with van der Waals surface area (Å²) in [5.41, 5.74) is 3.85. The molecule has 4 rings (SSSR count). The Morgan fingerprint density at radius 2 is 1.78 bits per heavy atom. The van der Waals surface area contributed by atoms with Crippen molar-refractivity contribution in [2.45, 2.75) is 83.4 Å². The maximum Gasteiger partial charge on any atom is 0.411 e. The number of fused-ring (bicyclic) bond motifs is 1. The molecule has 2 aromatic carbocycles. The summed E-state index contributed by atoms with van der Waals surface area (Å²) in [7, 11) is 0. The van der Waals surface area contributed by atoms with Gasteiger partial charge in [0.25, 0.3) is 0 Å². The van der Waals surface area contributed by atoms with Crippen molar-refractivity contribution in [3.63, 3.8) is 0 Å². The number of hydrogen-bond donors (Lipinski definition) is 2. The van der Waals surface area contributed by atoms with Gasteiger partial charge in [0.1, 0.15) is 11.6 Å². The van der Waals surface area contributed by atoms with Crippen LogP contribution in [0.25, 0.3) is 0 Å². The zero-order chi connectivity index (χ0) is 25.7. The zero-order valence-electron chi connectivity index (χ0n) is 21.5. The number of benzene rings is 2. The lowest BCUT2D eigenvalue weighted by molar-refractivity contribution is -0.122. The van der Waals surface area contributed by atoms with Gasteiger partial charge >= 0.3 is 6.09 Å². The van der Waals surface area contributed by atoms with Crippen molar-refractivity contribution >= 4 is 23.6 Å². The van der Waals surface area contributed by atoms with Crippen LogP contribution >= 0.6 is 0 Å². The molecule has 2 N–H and O–H groups in total. The molecule has 36 heavy (non-hydrogen) atoms. The highest BCUT2D eigenvalue weighted by Gasteiger charge is 2.42. The summed E-state index contributed by atoms with van der Waals surface area (Å²) in [6.45, 7) is 5.63. The minimum atomic E-state index is -0.720. The molecule has 0 aromatic heterocycles. The molecule has 0 saturated carbocycles. The molecule has 2 aliphatic rings. The van der Waals surface area contributed by atoms with Crippen LogP contribution in [0.1, 0.15) is 63.1 Å². The van der Waals surface area contributed by atoms with Crippen molar-refractivity contribution in [2.75, 3.05) is 11.9 Å². The Kier molecular flexibility index (Phi) is 7.97. The van der Waals surface area contributed by atoms with E-state index in [0.717, 1.165) is 37.8 Å². The van der Waals surface area contributed by atoms with Crippen molar-refractivity contribution in [3.05, 3.63) is 65.2 Å². The fourth-order valence-electron chi connectivity index (χ4n) is 4.98. The highest BCUT2D eigenvalue weighted by molar-refractivity contribution is 5.97. The smallest absolute Gasteiger partial charge is 0.411 e. The van der Waals surface area contributed by atoms with E-state index in [9.17, 15) is 14.4 Å². The lowest BCUT2D eigenvalue weighted by Crippen LogP contribution is -2.45. The minimum Gasteiger partial charge on any atom is -0.444 e. The maximum atomic E-state index is 13.3. The SMILES string of the molecule is CC(C)(C)OC(=O)N1C[C@@H](NC(=O)CCCc2ccccc2)C[C@H]1C(=O)Nc1ccc2c(c1)CCC2. The molecule has 0 unspecified atom stereocenters. The van der Waals surface area contributed by atoms with Gasteiger partial charge in [-0.3, -0.25) is 14.5 Å². The Labute approximate surface area is 213 Å². The Balaban J connectivity index is 1.37. The Morgan fingerprint density at radius 3 is 2.53 bits per heavy atom. The highest BCUT2D eigenvalue weighted by Crippen LogP contribution is 2.27. The second-order valence-corrected chi connectivity index (χ2v) is 10.8. The van der Waals surface area contributed by atoms with Crippen molar-refractivity contribution < 1.29 is 19.1 Å². The maximum absolute atomic E-state index is 13.3. The fourth-order valence-corrected chi connectivity index (χ4v) is 4.98. The molecular weight excluding hydrogens is 454 g/mol. The minimum absolute atomic E-state index is 0.0697. The number of anilines is 1. The molecule has 0 radical (unpaired) electrons. The van der Waals surface area contributed by atoms with E-state index in [1.165, 1.54) is 21.6 Å². The Bertz CT molecular complexity index is 1090. The van der Waals surface area contributed by atoms with E-state index in [1.807, 2.05) is 30.3 Å². The number of likely N-dealkylation sites (tertiary alicyclic amines) is 1. The average Bonchev–Trinajstić information content (AvgIpc) is 3.45. The van der Waals surface area contributed by atoms with Crippen LogP contribution in [0, 0.1) is 0 Å². The van der Waals surface area contributed by atoms with Crippen molar-refractivity contribution in [2.24, 2.45) is 0 Å². The molecule has 2 atom stereocenters. The number of hydrogen-bond acceptors (Lipinski definition) is 4. The second kappa shape index (κ2) is 11.1. The van der Waals surface area contributed by atoms with Gasteiger partial charge in [-0.2, -0.15) is 0 Å². The third-order valence-electron chi connectivity index (χ3n) is 6.67. The zero-order valence-corrected chi connectivity index (χ0v) is 21.5. The number of carbonyl (C=O) groups excluding carboxylic acids is 3. The van der Waals surface area contributed by atoms with Crippen molar-refractivity contribution in [3.8, 4) is 0 Å². The van der Waals surface area contributed by atoms with Gasteiger partial charge in [0.15, 0.2) is 0 Å². The molecule has 1 aliphatic carbocycles. The summed E-state index contributed by atoms with van der Waals surface area (Å²) >= 11 is 0. The van der Waals surface area contributed by atoms with Crippen molar-refractivity contribution in [1.29, 1.82) is 0 Å². The van der Waals surface area contributed by atoms with E-state index in [1.54, 1.807) is 20.8 Å². The standard InChI is InChI=1S/C29H37N3O4/c1-29(2,3)36-28(35)32-19-24(30-26(33)14-7-11-20-9-5-4-6-10-20)18-25(32)27(34)31-23-16-15-21-12-8-13-22(21)17-23/h4-6,9-10,15-17,24-25H,7-8,11-14,18-19H2,1-3H3,(H,30,33)(H,31,34)/t24-,25-/m0/s1. The molecule has 0 spiro atoms. The van der Waals surface area contributed by atoms with Crippen LogP contribution in [0.3, 0.4) is 0 Å². The molecule has 1 fully saturated rings. The third-order valence-corrected chi connectivity index (χ3v) is 6.67. The summed E-state index contributed by atoms with van der Waals surface area (Å²) in [5.74, 6) is -0.334. The van der Waals surface area contributed by atoms with E-state index < -0.39 is 17.7 Å². The summed E-state index contributed by atoms with van der Waals surface area (Å²) in [6.07, 6.45) is 4.99. The molecule has 3 amide bonds. The van der Waals surface area contributed by atoms with Crippen molar-refractivity contribution in [1.82, 2.24) is 10.2 Å². The second-order valence-electron chi connectivity index (χ2n) is 10.8. The number of nitrogens with one attached hydrogen (secondary N) is 2. The molecular formula is C29H37N3O4. The van der Waals surface area contributed by atoms with Crippen LogP contribution in [0.4, 0.5) is 10.5 Å². The largest absolute Gasteiger partial charge is 0.444 e. The fraction of sp³-hybridized carbons (Fsp3) is 0.483. The summed E-state index contributed by atoms with van der Waals surface area (Å²) in [5, 5.41) is 6.01. The molecule has 192 valence electrons. The number of rotatable bonds is 7. The van der Waals surface area contributed by atoms with Gasteiger partial charge < -0.3 is 15.4 Å². The van der Waals surface area contributed by atoms with Crippen LogP contribution in [-0.2, 0) is 33.6 Å². The topological polar surface area (TPSA) is 87.7 Å². The Morgan fingerprint density at radius 1 is 1.03 bits per heavy atom. The summed E-state index contributed by atoms with van der Waals surface area (Å²) in [6, 6.07) is 15.1. The van der Waals surface area contributed by atoms with Gasteiger partial charge in [-0.15, -0.1) is 0 Å². The first-order chi connectivity index (χ1) is 17.2. The number of aryl methyl sites for hydroxylation is 3. The van der Waals surface area contributed by atoms with Crippen LogP contribution in [-0.4, -0.2) is 47.0 Å². The normalized spacial score (nSPS) is 19.0. The van der Waals surface area contributed by atoms with Crippen LogP contribution in [0.15, 0.2) is 48.5 Å². The first-order valence-electron chi connectivity index (χ1n) is 12.9. The predicted octanol–water partition coefficient (Wildman–Crippen LogP) is 4.63. The quantitative estimate of drug-likeness (QED) is 0.591. The molecule has 1 heterocycles. The first-order valence-corrected chi connectivity index (χ1v) is 12.9. The van der Waals surface area contributed by atoms with E-state index in [0.29, 0.717) is 12.8 Å². The van der Waals surface area contributed by atoms with Gasteiger partial charge in [-0.25, -0.2) is 4.79 Å². The van der Waals surface area contributed by atoms with Crippen LogP contribution < -0.4 is 10.6 Å². The molecule has 7 heteroatoms. The monoisotopic (exact) mass is 491 g/mol. The number of carbonyl (C=O) groups is 3. The molecule has 0 bridgehead atoms. The molecule has 1 saturated heterocycles. The predicted molar refractivity (Wildman–Crippen MR) is 140 cm³/mol. The van der Waals surface area contributed by atoms with E-state index in [-0.39, 0.29) is 24.4 Å². The Hall–Kier alpha value is -3.35. The van der Waals surface area contributed by atoms with Gasteiger partial charge in [0.2, 0.25) is 11.8 Å². The first kappa shape index (κ1) is 25.7. The number of amides is 3. The van der Waals surface area contributed by atoms with Crippen LogP contribution in [0.5, 0.6) is 0 Å².